The summed E-state index contributed by atoms with van der Waals surface area (Å²) in [6.45, 7) is 2.80. The summed E-state index contributed by atoms with van der Waals surface area (Å²) in [5, 5.41) is 0. The second-order valence-electron chi connectivity index (χ2n) is 3.81. The molecule has 1 aromatic rings. The van der Waals surface area contributed by atoms with Crippen LogP contribution in [0.15, 0.2) is 29.4 Å². The Morgan fingerprint density at radius 2 is 2.00 bits per heavy atom. The highest BCUT2D eigenvalue weighted by Gasteiger charge is 2.21. The highest BCUT2D eigenvalue weighted by Crippen LogP contribution is 2.13. The van der Waals surface area contributed by atoms with Crippen molar-refractivity contribution in [2.75, 3.05) is 20.1 Å². The number of aromatic nitrogens is 1. The van der Waals surface area contributed by atoms with Crippen molar-refractivity contribution >= 4 is 10.0 Å². The average molecular weight is 243 g/mol. The quantitative estimate of drug-likeness (QED) is 0.807. The van der Waals surface area contributed by atoms with E-state index in [1.807, 2.05) is 6.92 Å². The maximum Gasteiger partial charge on any atom is 0.242 e. The van der Waals surface area contributed by atoms with Gasteiger partial charge in [0.1, 0.15) is 0 Å². The molecule has 1 unspecified atom stereocenters. The van der Waals surface area contributed by atoms with E-state index >= 15 is 0 Å². The lowest BCUT2D eigenvalue weighted by Crippen LogP contribution is -2.33. The SMILES string of the molecule is CC(CN)CN(C)S(=O)(=O)c1ccncc1. The Labute approximate surface area is 96.3 Å². The second-order valence-corrected chi connectivity index (χ2v) is 5.85. The van der Waals surface area contributed by atoms with Gasteiger partial charge in [-0.05, 0) is 24.6 Å². The van der Waals surface area contributed by atoms with Crippen LogP contribution in [-0.2, 0) is 10.0 Å². The predicted molar refractivity (Wildman–Crippen MR) is 62.3 cm³/mol. The topological polar surface area (TPSA) is 76.3 Å². The standard InChI is InChI=1S/C10H17N3O2S/c1-9(7-11)8-13(2)16(14,15)10-3-5-12-6-4-10/h3-6,9H,7-8,11H2,1-2H3. The zero-order chi connectivity index (χ0) is 12.2. The molecule has 16 heavy (non-hydrogen) atoms. The third kappa shape index (κ3) is 3.01. The zero-order valence-electron chi connectivity index (χ0n) is 9.50. The van der Waals surface area contributed by atoms with E-state index in [9.17, 15) is 8.42 Å². The molecular weight excluding hydrogens is 226 g/mol. The molecule has 90 valence electrons. The lowest BCUT2D eigenvalue weighted by atomic mass is 10.2. The third-order valence-corrected chi connectivity index (χ3v) is 4.17. The normalized spacial score (nSPS) is 14.0. The van der Waals surface area contributed by atoms with Crippen molar-refractivity contribution in [3.05, 3.63) is 24.5 Å². The van der Waals surface area contributed by atoms with Crippen LogP contribution >= 0.6 is 0 Å². The Balaban J connectivity index is 2.87. The monoisotopic (exact) mass is 243 g/mol. The van der Waals surface area contributed by atoms with Gasteiger partial charge < -0.3 is 5.73 Å². The van der Waals surface area contributed by atoms with Crippen molar-refractivity contribution in [2.45, 2.75) is 11.8 Å². The molecule has 0 aliphatic heterocycles. The summed E-state index contributed by atoms with van der Waals surface area (Å²) in [5.74, 6) is 0.140. The van der Waals surface area contributed by atoms with E-state index in [4.69, 9.17) is 5.73 Å². The van der Waals surface area contributed by atoms with Gasteiger partial charge in [-0.2, -0.15) is 0 Å². The molecule has 0 fully saturated rings. The molecule has 6 heteroatoms. The maximum absolute atomic E-state index is 12.0. The van der Waals surface area contributed by atoms with Gasteiger partial charge in [0.25, 0.3) is 0 Å². The molecule has 0 bridgehead atoms. The van der Waals surface area contributed by atoms with Gasteiger partial charge in [-0.3, -0.25) is 4.98 Å². The van der Waals surface area contributed by atoms with Crippen molar-refractivity contribution < 1.29 is 8.42 Å². The molecule has 1 atom stereocenters. The number of hydrogen-bond donors (Lipinski definition) is 1. The van der Waals surface area contributed by atoms with Gasteiger partial charge in [0.15, 0.2) is 0 Å². The van der Waals surface area contributed by atoms with Crippen molar-refractivity contribution in [1.82, 2.24) is 9.29 Å². The number of hydrogen-bond acceptors (Lipinski definition) is 4. The minimum atomic E-state index is -3.41. The number of pyridine rings is 1. The number of sulfonamides is 1. The van der Waals surface area contributed by atoms with E-state index in [0.717, 1.165) is 0 Å². The van der Waals surface area contributed by atoms with Gasteiger partial charge >= 0.3 is 0 Å². The Morgan fingerprint density at radius 3 is 2.50 bits per heavy atom. The maximum atomic E-state index is 12.0. The summed E-state index contributed by atoms with van der Waals surface area (Å²) >= 11 is 0. The summed E-state index contributed by atoms with van der Waals surface area (Å²) < 4.78 is 25.4. The van der Waals surface area contributed by atoms with Gasteiger partial charge in [-0.1, -0.05) is 6.92 Å². The Hall–Kier alpha value is -0.980. The van der Waals surface area contributed by atoms with Crippen molar-refractivity contribution in [3.63, 3.8) is 0 Å². The highest BCUT2D eigenvalue weighted by molar-refractivity contribution is 7.89. The second kappa shape index (κ2) is 5.38. The van der Waals surface area contributed by atoms with Crippen LogP contribution in [0, 0.1) is 5.92 Å². The zero-order valence-corrected chi connectivity index (χ0v) is 10.3. The summed E-state index contributed by atoms with van der Waals surface area (Å²) in [5.41, 5.74) is 5.47. The Kier molecular flexibility index (Phi) is 4.40. The average Bonchev–Trinajstić information content (AvgIpc) is 2.29. The smallest absolute Gasteiger partial charge is 0.242 e. The predicted octanol–water partition coefficient (Wildman–Crippen LogP) is 0.297. The summed E-state index contributed by atoms with van der Waals surface area (Å²) in [6, 6.07) is 2.97. The van der Waals surface area contributed by atoms with Crippen LogP contribution in [0.25, 0.3) is 0 Å². The summed E-state index contributed by atoms with van der Waals surface area (Å²) in [6.07, 6.45) is 2.93. The molecule has 2 N–H and O–H groups in total. The minimum absolute atomic E-state index is 0.140. The van der Waals surface area contributed by atoms with E-state index in [1.54, 1.807) is 7.05 Å². The number of rotatable bonds is 5. The first-order valence-corrected chi connectivity index (χ1v) is 6.49. The molecule has 0 aliphatic rings. The van der Waals surface area contributed by atoms with Gasteiger partial charge in [-0.25, -0.2) is 12.7 Å². The van der Waals surface area contributed by atoms with Crippen LogP contribution in [0.5, 0.6) is 0 Å². The van der Waals surface area contributed by atoms with Crippen LogP contribution in [-0.4, -0.2) is 37.8 Å². The third-order valence-electron chi connectivity index (χ3n) is 2.33. The van der Waals surface area contributed by atoms with Crippen molar-refractivity contribution in [2.24, 2.45) is 11.7 Å². The minimum Gasteiger partial charge on any atom is -0.330 e. The van der Waals surface area contributed by atoms with E-state index in [1.165, 1.54) is 28.8 Å². The van der Waals surface area contributed by atoms with E-state index in [-0.39, 0.29) is 10.8 Å². The molecule has 5 nitrogen and oxygen atoms in total. The molecule has 0 saturated heterocycles. The fraction of sp³-hybridized carbons (Fsp3) is 0.500. The molecule has 0 aromatic carbocycles. The van der Waals surface area contributed by atoms with Crippen molar-refractivity contribution in [1.29, 1.82) is 0 Å². The van der Waals surface area contributed by atoms with Gasteiger partial charge in [0, 0.05) is 26.0 Å². The molecular formula is C10H17N3O2S. The molecule has 1 rings (SSSR count). The highest BCUT2D eigenvalue weighted by atomic mass is 32.2. The molecule has 1 aromatic heterocycles. The fourth-order valence-corrected chi connectivity index (χ4v) is 2.58. The van der Waals surface area contributed by atoms with Crippen molar-refractivity contribution in [3.8, 4) is 0 Å². The van der Waals surface area contributed by atoms with Crippen LogP contribution in [0.4, 0.5) is 0 Å². The molecule has 0 amide bonds. The van der Waals surface area contributed by atoms with Gasteiger partial charge in [-0.15, -0.1) is 0 Å². The first kappa shape index (κ1) is 13.1. The summed E-state index contributed by atoms with van der Waals surface area (Å²) in [4.78, 5) is 4.05. The van der Waals surface area contributed by atoms with E-state index < -0.39 is 10.0 Å². The first-order valence-electron chi connectivity index (χ1n) is 5.05. The Bertz CT molecular complexity index is 419. The van der Waals surface area contributed by atoms with Gasteiger partial charge in [0.05, 0.1) is 4.90 Å². The van der Waals surface area contributed by atoms with E-state index in [0.29, 0.717) is 13.1 Å². The first-order chi connectivity index (χ1) is 7.48. The summed E-state index contributed by atoms with van der Waals surface area (Å²) in [7, 11) is -1.85. The lowest BCUT2D eigenvalue weighted by molar-refractivity contribution is 0.405. The van der Waals surface area contributed by atoms with Crippen LogP contribution < -0.4 is 5.73 Å². The molecule has 0 saturated carbocycles. The molecule has 1 heterocycles. The van der Waals surface area contributed by atoms with Crippen LogP contribution in [0.2, 0.25) is 0 Å². The fourth-order valence-electron chi connectivity index (χ4n) is 1.30. The molecule has 0 radical (unpaired) electrons. The number of nitrogens with zero attached hydrogens (tertiary/aromatic N) is 2. The van der Waals surface area contributed by atoms with Crippen LogP contribution in [0.3, 0.4) is 0 Å². The lowest BCUT2D eigenvalue weighted by Gasteiger charge is -2.20. The largest absolute Gasteiger partial charge is 0.330 e. The van der Waals surface area contributed by atoms with E-state index in [2.05, 4.69) is 4.98 Å². The number of nitrogens with two attached hydrogens (primary N) is 1. The van der Waals surface area contributed by atoms with Gasteiger partial charge in [0.2, 0.25) is 10.0 Å². The molecule has 0 spiro atoms. The van der Waals surface area contributed by atoms with Crippen LogP contribution in [0.1, 0.15) is 6.92 Å². The Morgan fingerprint density at radius 1 is 1.44 bits per heavy atom. The molecule has 0 aliphatic carbocycles.